The molecule has 134 valence electrons. The van der Waals surface area contributed by atoms with Gasteiger partial charge >= 0.3 is 0 Å². The second kappa shape index (κ2) is 6.57. The first-order valence-corrected chi connectivity index (χ1v) is 9.00. The number of nitrogens with one attached hydrogen (secondary N) is 1. The Morgan fingerprint density at radius 3 is 2.88 bits per heavy atom. The lowest BCUT2D eigenvalue weighted by Gasteiger charge is -2.36. The highest BCUT2D eigenvalue weighted by Gasteiger charge is 2.34. The number of amides is 1. The highest BCUT2D eigenvalue weighted by atomic mass is 19.1. The molecule has 2 aromatic carbocycles. The summed E-state index contributed by atoms with van der Waals surface area (Å²) in [7, 11) is 0. The maximum Gasteiger partial charge on any atom is 0.237 e. The third-order valence-corrected chi connectivity index (χ3v) is 5.26. The number of hydrogen-bond acceptors (Lipinski definition) is 2. The quantitative estimate of drug-likeness (QED) is 0.760. The molecule has 0 fully saturated rings. The lowest BCUT2D eigenvalue weighted by atomic mass is 9.92. The monoisotopic (exact) mass is 351 g/mol. The van der Waals surface area contributed by atoms with Crippen LogP contribution in [0.2, 0.25) is 0 Å². The fourth-order valence-corrected chi connectivity index (χ4v) is 3.96. The maximum atomic E-state index is 13.9. The number of benzene rings is 2. The van der Waals surface area contributed by atoms with Crippen molar-refractivity contribution >= 4 is 16.8 Å². The summed E-state index contributed by atoms with van der Waals surface area (Å²) in [6.07, 6.45) is 1.74. The lowest BCUT2D eigenvalue weighted by Crippen LogP contribution is -2.43. The molecule has 4 rings (SSSR count). The van der Waals surface area contributed by atoms with E-state index in [1.807, 2.05) is 6.07 Å². The molecule has 3 aromatic rings. The standard InChI is InChI=1S/C21H22FN3O/c1-2-13-6-7-18-17(10-13)16-8-9-25(19(26)12-23)21(20(16)24-18)14-4-3-5-15(22)11-14/h3-7,10-11,21,24H,2,8-9,12,23H2,1H3. The molecular weight excluding hydrogens is 329 g/mol. The average Bonchev–Trinajstić information content (AvgIpc) is 3.04. The van der Waals surface area contributed by atoms with Crippen LogP contribution < -0.4 is 5.73 Å². The van der Waals surface area contributed by atoms with Gasteiger partial charge in [-0.15, -0.1) is 0 Å². The minimum absolute atomic E-state index is 0.0542. The second-order valence-electron chi connectivity index (χ2n) is 6.75. The zero-order valence-electron chi connectivity index (χ0n) is 14.8. The Hall–Kier alpha value is -2.66. The molecule has 26 heavy (non-hydrogen) atoms. The van der Waals surface area contributed by atoms with Gasteiger partial charge in [0, 0.05) is 23.1 Å². The first kappa shape index (κ1) is 16.8. The van der Waals surface area contributed by atoms with Crippen molar-refractivity contribution in [3.63, 3.8) is 0 Å². The van der Waals surface area contributed by atoms with E-state index in [0.29, 0.717) is 6.54 Å². The molecule has 1 amide bonds. The molecule has 4 nitrogen and oxygen atoms in total. The van der Waals surface area contributed by atoms with E-state index in [1.165, 1.54) is 28.6 Å². The van der Waals surface area contributed by atoms with Gasteiger partial charge in [-0.05, 0) is 53.8 Å². The van der Waals surface area contributed by atoms with Crippen molar-refractivity contribution in [1.82, 2.24) is 9.88 Å². The number of aromatic amines is 1. The number of aromatic nitrogens is 1. The minimum atomic E-state index is -0.344. The number of carbonyl (C=O) groups is 1. The van der Waals surface area contributed by atoms with Crippen LogP contribution in [0, 0.1) is 5.82 Å². The number of H-pyrrole nitrogens is 1. The second-order valence-corrected chi connectivity index (χ2v) is 6.75. The summed E-state index contributed by atoms with van der Waals surface area (Å²) in [5, 5.41) is 1.20. The van der Waals surface area contributed by atoms with Gasteiger partial charge in [0.05, 0.1) is 12.6 Å². The van der Waals surface area contributed by atoms with Crippen LogP contribution in [0.5, 0.6) is 0 Å². The molecule has 0 aliphatic carbocycles. The SMILES string of the molecule is CCc1ccc2[nH]c3c(c2c1)CCN(C(=O)CN)C3c1cccc(F)c1. The van der Waals surface area contributed by atoms with Crippen LogP contribution in [0.3, 0.4) is 0 Å². The van der Waals surface area contributed by atoms with E-state index >= 15 is 0 Å². The van der Waals surface area contributed by atoms with Gasteiger partial charge in [0.15, 0.2) is 0 Å². The molecule has 2 heterocycles. The summed E-state index contributed by atoms with van der Waals surface area (Å²) in [4.78, 5) is 17.7. The number of halogens is 1. The van der Waals surface area contributed by atoms with E-state index in [9.17, 15) is 9.18 Å². The van der Waals surface area contributed by atoms with Gasteiger partial charge in [-0.3, -0.25) is 4.79 Å². The Bertz CT molecular complexity index is 979. The van der Waals surface area contributed by atoms with Crippen LogP contribution in [0.25, 0.3) is 10.9 Å². The van der Waals surface area contributed by atoms with E-state index in [-0.39, 0.29) is 24.3 Å². The Labute approximate surface area is 151 Å². The van der Waals surface area contributed by atoms with Gasteiger partial charge in [0.2, 0.25) is 5.91 Å². The summed E-state index contributed by atoms with van der Waals surface area (Å²) < 4.78 is 13.9. The number of fused-ring (bicyclic) bond motifs is 3. The molecule has 1 atom stereocenters. The van der Waals surface area contributed by atoms with Crippen molar-refractivity contribution in [3.8, 4) is 0 Å². The Kier molecular flexibility index (Phi) is 4.24. The maximum absolute atomic E-state index is 13.9. The lowest BCUT2D eigenvalue weighted by molar-refractivity contribution is -0.131. The summed E-state index contributed by atoms with van der Waals surface area (Å²) in [5.74, 6) is -0.433. The van der Waals surface area contributed by atoms with Crippen molar-refractivity contribution in [1.29, 1.82) is 0 Å². The first-order chi connectivity index (χ1) is 12.6. The van der Waals surface area contributed by atoms with E-state index < -0.39 is 0 Å². The molecule has 0 spiro atoms. The van der Waals surface area contributed by atoms with Crippen LogP contribution >= 0.6 is 0 Å². The van der Waals surface area contributed by atoms with E-state index in [2.05, 4.69) is 30.1 Å². The van der Waals surface area contributed by atoms with E-state index in [4.69, 9.17) is 5.73 Å². The summed E-state index contributed by atoms with van der Waals surface area (Å²) in [6.45, 7) is 2.66. The average molecular weight is 351 g/mol. The topological polar surface area (TPSA) is 62.1 Å². The number of aryl methyl sites for hydroxylation is 1. The Morgan fingerprint density at radius 1 is 1.31 bits per heavy atom. The number of nitrogens with two attached hydrogens (primary N) is 1. The van der Waals surface area contributed by atoms with E-state index in [0.717, 1.165) is 29.6 Å². The molecular formula is C21H22FN3O. The highest BCUT2D eigenvalue weighted by Crippen LogP contribution is 2.38. The summed E-state index contributed by atoms with van der Waals surface area (Å²) >= 11 is 0. The minimum Gasteiger partial charge on any atom is -0.356 e. The van der Waals surface area contributed by atoms with Gasteiger partial charge < -0.3 is 15.6 Å². The van der Waals surface area contributed by atoms with Crippen LogP contribution in [-0.4, -0.2) is 28.9 Å². The molecule has 0 radical (unpaired) electrons. The van der Waals surface area contributed by atoms with Gasteiger partial charge in [-0.25, -0.2) is 4.39 Å². The number of hydrogen-bond donors (Lipinski definition) is 2. The highest BCUT2D eigenvalue weighted by molar-refractivity contribution is 5.87. The summed E-state index contributed by atoms with van der Waals surface area (Å²) in [6, 6.07) is 12.5. The summed E-state index contributed by atoms with van der Waals surface area (Å²) in [5.41, 5.74) is 10.9. The van der Waals surface area contributed by atoms with Crippen LogP contribution in [0.4, 0.5) is 4.39 Å². The van der Waals surface area contributed by atoms with Gasteiger partial charge in [0.1, 0.15) is 5.82 Å². The van der Waals surface area contributed by atoms with Gasteiger partial charge in [-0.1, -0.05) is 25.1 Å². The van der Waals surface area contributed by atoms with Crippen LogP contribution in [-0.2, 0) is 17.6 Å². The van der Waals surface area contributed by atoms with Gasteiger partial charge in [0.25, 0.3) is 0 Å². The Balaban J connectivity index is 1.92. The zero-order valence-corrected chi connectivity index (χ0v) is 14.8. The molecule has 1 aliphatic heterocycles. The van der Waals surface area contributed by atoms with E-state index in [1.54, 1.807) is 11.0 Å². The van der Waals surface area contributed by atoms with Crippen LogP contribution in [0.1, 0.15) is 35.3 Å². The van der Waals surface area contributed by atoms with Crippen molar-refractivity contribution in [2.75, 3.05) is 13.1 Å². The fraction of sp³-hybridized carbons (Fsp3) is 0.286. The number of carbonyl (C=O) groups excluding carboxylic acids is 1. The fourth-order valence-electron chi connectivity index (χ4n) is 3.96. The molecule has 0 saturated heterocycles. The van der Waals surface area contributed by atoms with Crippen molar-refractivity contribution in [2.24, 2.45) is 5.73 Å². The van der Waals surface area contributed by atoms with Crippen molar-refractivity contribution in [2.45, 2.75) is 25.8 Å². The van der Waals surface area contributed by atoms with Crippen LogP contribution in [0.15, 0.2) is 42.5 Å². The molecule has 1 aliphatic rings. The number of nitrogens with zero attached hydrogens (tertiary/aromatic N) is 1. The molecule has 1 aromatic heterocycles. The molecule has 5 heteroatoms. The Morgan fingerprint density at radius 2 is 2.15 bits per heavy atom. The molecule has 1 unspecified atom stereocenters. The molecule has 0 saturated carbocycles. The molecule has 3 N–H and O–H groups in total. The zero-order chi connectivity index (χ0) is 18.3. The third kappa shape index (κ3) is 2.69. The largest absolute Gasteiger partial charge is 0.356 e. The van der Waals surface area contributed by atoms with Gasteiger partial charge in [-0.2, -0.15) is 0 Å². The normalized spacial score (nSPS) is 16.7. The predicted molar refractivity (Wildman–Crippen MR) is 100 cm³/mol. The first-order valence-electron chi connectivity index (χ1n) is 9.00. The predicted octanol–water partition coefficient (Wildman–Crippen LogP) is 3.30. The van der Waals surface area contributed by atoms with Crippen molar-refractivity contribution < 1.29 is 9.18 Å². The third-order valence-electron chi connectivity index (χ3n) is 5.26. The smallest absolute Gasteiger partial charge is 0.237 e. The van der Waals surface area contributed by atoms with Crippen molar-refractivity contribution in [3.05, 3.63) is 70.7 Å². The molecule has 0 bridgehead atoms. The number of rotatable bonds is 3.